The summed E-state index contributed by atoms with van der Waals surface area (Å²) in [5.41, 5.74) is -1.44. The van der Waals surface area contributed by atoms with Crippen LogP contribution in [-0.4, -0.2) is 110 Å². The van der Waals surface area contributed by atoms with Crippen molar-refractivity contribution in [1.82, 2.24) is 29.8 Å². The second kappa shape index (κ2) is 18.1. The maximum Gasteiger partial charge on any atom is 0.411 e. The Hall–Kier alpha value is -5.24. The second-order valence-corrected chi connectivity index (χ2v) is 22.3. The SMILES string of the molecule is CC(C)Oc1ccc(-c2cc(O[C@@H]3C[C@H]4C(=O)N[C@]5(C(=O)NS(=O)(=O)C6(C)CC6)C[C@H]5/C=C\CC[C@@H](C)C[C@@H](C)[C@H](N(C(=O)O)C(C)(C)C(F)(F)F)C(=O)N4C3)cc(-c3cncs3)n2)cc1. The molecule has 7 atom stereocenters. The molecular weight excluding hydrogens is 902 g/mol. The summed E-state index contributed by atoms with van der Waals surface area (Å²) < 4.78 is 84.6. The van der Waals surface area contributed by atoms with Crippen molar-refractivity contribution in [2.75, 3.05) is 6.54 Å². The molecule has 0 spiro atoms. The molecule has 1 aromatic carbocycles. The Labute approximate surface area is 386 Å². The molecule has 3 N–H and O–H groups in total. The van der Waals surface area contributed by atoms with E-state index in [0.29, 0.717) is 67.1 Å². The van der Waals surface area contributed by atoms with E-state index >= 15 is 4.79 Å². The molecular formula is C46H57F3N6O9S2. The van der Waals surface area contributed by atoms with E-state index in [0.717, 1.165) is 4.90 Å². The average Bonchev–Trinajstić information content (AvgIpc) is 3.98. The molecule has 3 fully saturated rings. The third-order valence-corrected chi connectivity index (χ3v) is 16.2. The number of thiazole rings is 1. The molecule has 2 aliphatic carbocycles. The van der Waals surface area contributed by atoms with Gasteiger partial charge in [-0.2, -0.15) is 13.2 Å². The van der Waals surface area contributed by atoms with Gasteiger partial charge in [0.1, 0.15) is 40.8 Å². The van der Waals surface area contributed by atoms with Gasteiger partial charge in [-0.3, -0.25) is 29.0 Å². The fourth-order valence-corrected chi connectivity index (χ4v) is 10.8. The van der Waals surface area contributed by atoms with Gasteiger partial charge in [0.25, 0.3) is 5.91 Å². The van der Waals surface area contributed by atoms with Crippen molar-refractivity contribution in [3.63, 3.8) is 0 Å². The van der Waals surface area contributed by atoms with Crippen LogP contribution >= 0.6 is 11.3 Å². The largest absolute Gasteiger partial charge is 0.491 e. The van der Waals surface area contributed by atoms with Gasteiger partial charge in [0, 0.05) is 36.2 Å². The summed E-state index contributed by atoms with van der Waals surface area (Å²) in [7, 11) is -4.14. The number of ether oxygens (including phenoxy) is 2. The summed E-state index contributed by atoms with van der Waals surface area (Å²) in [6, 6.07) is 7.19. The van der Waals surface area contributed by atoms with E-state index < -0.39 is 85.9 Å². The zero-order valence-corrected chi connectivity index (χ0v) is 39.6. The van der Waals surface area contributed by atoms with Gasteiger partial charge in [0.2, 0.25) is 21.8 Å². The molecule has 4 aliphatic rings. The average molecular weight is 959 g/mol. The van der Waals surface area contributed by atoms with E-state index in [2.05, 4.69) is 15.0 Å². The van der Waals surface area contributed by atoms with Gasteiger partial charge in [-0.25, -0.2) is 18.2 Å². The molecule has 1 saturated heterocycles. The van der Waals surface area contributed by atoms with Gasteiger partial charge in [0.15, 0.2) is 0 Å². The molecule has 20 heteroatoms. The number of aromatic nitrogens is 2. The number of halogens is 3. The van der Waals surface area contributed by atoms with E-state index in [-0.39, 0.29) is 48.5 Å². The first kappa shape index (κ1) is 48.7. The normalized spacial score (nSPS) is 27.3. The van der Waals surface area contributed by atoms with Crippen LogP contribution in [0.3, 0.4) is 0 Å². The van der Waals surface area contributed by atoms with Crippen molar-refractivity contribution in [2.45, 2.75) is 140 Å². The van der Waals surface area contributed by atoms with Crippen molar-refractivity contribution in [3.8, 4) is 33.3 Å². The Bertz CT molecular complexity index is 2460. The molecule has 2 aliphatic heterocycles. The lowest BCUT2D eigenvalue weighted by Gasteiger charge is -2.45. The number of carboxylic acid groups (broad SMARTS) is 1. The number of alkyl halides is 3. The third kappa shape index (κ3) is 9.89. The zero-order valence-electron chi connectivity index (χ0n) is 37.9. The molecule has 66 heavy (non-hydrogen) atoms. The number of amides is 4. The number of fused-ring (bicyclic) bond motifs is 2. The Balaban J connectivity index is 1.29. The van der Waals surface area contributed by atoms with Crippen molar-refractivity contribution in [3.05, 3.63) is 60.3 Å². The number of sulfonamides is 1. The van der Waals surface area contributed by atoms with Gasteiger partial charge >= 0.3 is 12.3 Å². The number of benzene rings is 1. The Morgan fingerprint density at radius 3 is 2.35 bits per heavy atom. The third-order valence-electron chi connectivity index (χ3n) is 13.3. The fraction of sp³-hybridized carbons (Fsp3) is 0.565. The number of carbonyl (C=O) groups excluding carboxylic acids is 3. The highest BCUT2D eigenvalue weighted by Crippen LogP contribution is 2.48. The van der Waals surface area contributed by atoms with E-state index in [1.165, 1.54) is 25.2 Å². The predicted molar refractivity (Wildman–Crippen MR) is 240 cm³/mol. The standard InChI is InChI=1S/C46H57F3N6O9S2/c1-26(2)63-31-14-12-29(13-15-31)34-19-32(20-35(51-34)37-23-50-25-65-37)64-33-21-36-39(56)52-45(41(58)53-66(61,62)44(7)16-17-44)22-30(45)11-9-8-10-27(3)18-28(4)38(40(57)54(36)24-33)55(42(59)60)43(5,6)46(47,48)49/h9,11-15,19-20,23,25-28,30,33,36,38H,8,10,16-18,21-22,24H2,1-7H3,(H,52,56)(H,53,58)(H,59,60)/b11-9-/t27-,28-,30-,33-,36+,38+,45-/m1/s1. The van der Waals surface area contributed by atoms with Crippen LogP contribution in [0.25, 0.3) is 21.8 Å². The maximum atomic E-state index is 15.2. The first-order valence-electron chi connectivity index (χ1n) is 22.2. The minimum absolute atomic E-state index is 0.0421. The number of nitrogens with zero attached hydrogens (tertiary/aromatic N) is 4. The number of rotatable bonds is 11. The number of carbonyl (C=O) groups is 4. The first-order valence-corrected chi connectivity index (χ1v) is 24.5. The van der Waals surface area contributed by atoms with Crippen molar-refractivity contribution < 1.29 is 55.3 Å². The zero-order chi connectivity index (χ0) is 48.1. The van der Waals surface area contributed by atoms with Crippen molar-refractivity contribution in [2.24, 2.45) is 17.8 Å². The maximum absolute atomic E-state index is 15.2. The highest BCUT2D eigenvalue weighted by molar-refractivity contribution is 7.91. The van der Waals surface area contributed by atoms with Crippen LogP contribution in [0.2, 0.25) is 0 Å². The number of pyridine rings is 1. The topological polar surface area (TPSA) is 197 Å². The minimum atomic E-state index is -5.11. The van der Waals surface area contributed by atoms with Crippen LogP contribution in [0.15, 0.2) is 60.3 Å². The molecule has 2 saturated carbocycles. The van der Waals surface area contributed by atoms with Crippen LogP contribution in [0.4, 0.5) is 18.0 Å². The number of nitrogens with one attached hydrogen (secondary N) is 2. The van der Waals surface area contributed by atoms with Crippen LogP contribution in [0.5, 0.6) is 11.5 Å². The van der Waals surface area contributed by atoms with Crippen LogP contribution in [-0.2, 0) is 24.4 Å². The summed E-state index contributed by atoms with van der Waals surface area (Å²) in [6.45, 7) is 9.76. The molecule has 3 aromatic rings. The van der Waals surface area contributed by atoms with Crippen LogP contribution < -0.4 is 19.5 Å². The molecule has 0 bridgehead atoms. The van der Waals surface area contributed by atoms with E-state index in [4.69, 9.17) is 14.5 Å². The number of hydrogen-bond acceptors (Lipinski definition) is 11. The molecule has 0 unspecified atom stereocenters. The molecule has 15 nitrogen and oxygen atoms in total. The van der Waals surface area contributed by atoms with Gasteiger partial charge in [0.05, 0.1) is 39.2 Å². The van der Waals surface area contributed by atoms with Gasteiger partial charge in [-0.15, -0.1) is 11.3 Å². The van der Waals surface area contributed by atoms with Crippen LogP contribution in [0, 0.1) is 17.8 Å². The number of allylic oxidation sites excluding steroid dienone is 1. The molecule has 7 rings (SSSR count). The Morgan fingerprint density at radius 2 is 1.74 bits per heavy atom. The molecule has 2 aromatic heterocycles. The van der Waals surface area contributed by atoms with Crippen molar-refractivity contribution in [1.29, 1.82) is 0 Å². The summed E-state index contributed by atoms with van der Waals surface area (Å²) in [6.07, 6.45) is -1.32. The highest BCUT2D eigenvalue weighted by atomic mass is 32.2. The monoisotopic (exact) mass is 958 g/mol. The van der Waals surface area contributed by atoms with Crippen LogP contribution in [0.1, 0.15) is 93.4 Å². The summed E-state index contributed by atoms with van der Waals surface area (Å²) in [5.74, 6) is -3.74. The molecule has 0 radical (unpaired) electrons. The lowest BCUT2D eigenvalue weighted by Crippen LogP contribution is -2.66. The highest BCUT2D eigenvalue weighted by Gasteiger charge is 2.64. The first-order chi connectivity index (χ1) is 30.9. The smallest absolute Gasteiger partial charge is 0.411 e. The lowest BCUT2D eigenvalue weighted by atomic mass is 9.85. The summed E-state index contributed by atoms with van der Waals surface area (Å²) in [4.78, 5) is 68.1. The second-order valence-electron chi connectivity index (χ2n) is 19.2. The Morgan fingerprint density at radius 1 is 1.06 bits per heavy atom. The van der Waals surface area contributed by atoms with E-state index in [1.807, 2.05) is 39.0 Å². The fourth-order valence-electron chi connectivity index (χ4n) is 8.94. The van der Waals surface area contributed by atoms with E-state index in [9.17, 15) is 41.1 Å². The Kier molecular flexibility index (Phi) is 13.4. The van der Waals surface area contributed by atoms with E-state index in [1.54, 1.807) is 42.0 Å². The number of hydrogen-bond donors (Lipinski definition) is 3. The molecule has 4 heterocycles. The summed E-state index contributed by atoms with van der Waals surface area (Å²) >= 11 is 1.33. The minimum Gasteiger partial charge on any atom is -0.491 e. The van der Waals surface area contributed by atoms with Gasteiger partial charge in [-0.05, 0) is 109 Å². The predicted octanol–water partition coefficient (Wildman–Crippen LogP) is 7.58. The molecule has 4 amide bonds. The van der Waals surface area contributed by atoms with Gasteiger partial charge < -0.3 is 24.8 Å². The summed E-state index contributed by atoms with van der Waals surface area (Å²) in [5, 5.41) is 13.3. The quantitative estimate of drug-likeness (QED) is 0.160. The van der Waals surface area contributed by atoms with Crippen molar-refractivity contribution >= 4 is 45.2 Å². The lowest BCUT2D eigenvalue weighted by molar-refractivity contribution is -0.222. The molecule has 358 valence electrons. The van der Waals surface area contributed by atoms with Gasteiger partial charge in [-0.1, -0.05) is 26.0 Å².